The van der Waals surface area contributed by atoms with Gasteiger partial charge >= 0.3 is 6.09 Å². The van der Waals surface area contributed by atoms with Crippen LogP contribution >= 0.6 is 0 Å². The van der Waals surface area contributed by atoms with Crippen molar-refractivity contribution in [3.8, 4) is 11.3 Å². The highest BCUT2D eigenvalue weighted by atomic mass is 19.1. The topological polar surface area (TPSA) is 83.5 Å². The molecule has 0 radical (unpaired) electrons. The molecule has 1 aliphatic heterocycles. The molecule has 32 heavy (non-hydrogen) atoms. The smallest absolute Gasteiger partial charge is 0.410 e. The average Bonchev–Trinajstić information content (AvgIpc) is 2.77. The summed E-state index contributed by atoms with van der Waals surface area (Å²) in [6.07, 6.45) is -0.308. The number of anilines is 2. The van der Waals surface area contributed by atoms with Crippen LogP contribution in [0.15, 0.2) is 36.4 Å². The zero-order valence-corrected chi connectivity index (χ0v) is 18.7. The molecule has 168 valence electrons. The third-order valence-electron chi connectivity index (χ3n) is 5.12. The first kappa shape index (κ1) is 21.7. The Labute approximate surface area is 186 Å². The number of ether oxygens (including phenoxy) is 1. The molecule has 1 amide bonds. The lowest BCUT2D eigenvalue weighted by Gasteiger charge is -2.36. The van der Waals surface area contributed by atoms with Gasteiger partial charge in [-0.2, -0.15) is 4.98 Å². The predicted octanol–water partition coefficient (Wildman–Crippen LogP) is 3.93. The largest absolute Gasteiger partial charge is 0.444 e. The number of aromatic nitrogens is 3. The second-order valence-corrected chi connectivity index (χ2v) is 8.65. The van der Waals surface area contributed by atoms with E-state index in [1.165, 1.54) is 12.1 Å². The molecule has 3 heterocycles. The summed E-state index contributed by atoms with van der Waals surface area (Å²) >= 11 is 0. The molecule has 1 N–H and O–H groups in total. The number of piperazine rings is 1. The molecule has 9 heteroatoms. The van der Waals surface area contributed by atoms with E-state index in [0.29, 0.717) is 54.7 Å². The summed E-state index contributed by atoms with van der Waals surface area (Å²) in [5, 5.41) is 3.00. The van der Waals surface area contributed by atoms with E-state index in [1.54, 1.807) is 24.1 Å². The van der Waals surface area contributed by atoms with Crippen LogP contribution in [0.25, 0.3) is 22.3 Å². The minimum Gasteiger partial charge on any atom is -0.444 e. The Bertz CT molecular complexity index is 1120. The van der Waals surface area contributed by atoms with Crippen molar-refractivity contribution in [3.05, 3.63) is 42.2 Å². The number of nitrogens with one attached hydrogen (secondary N) is 1. The standard InChI is InChI=1S/C23H27FN6O2/c1-23(2,3)32-22(31)30-13-11-29(12-14-30)20-19-18(27-21(25-4)28-20)10-9-17(26-19)15-5-7-16(24)8-6-15/h5-10H,11-14H2,1-4H3,(H,25,27,28). The predicted molar refractivity (Wildman–Crippen MR) is 122 cm³/mol. The van der Waals surface area contributed by atoms with Crippen molar-refractivity contribution in [3.63, 3.8) is 0 Å². The maximum Gasteiger partial charge on any atom is 0.410 e. The molecule has 0 spiro atoms. The lowest BCUT2D eigenvalue weighted by atomic mass is 10.1. The van der Waals surface area contributed by atoms with Crippen molar-refractivity contribution < 1.29 is 13.9 Å². The molecule has 0 unspecified atom stereocenters. The summed E-state index contributed by atoms with van der Waals surface area (Å²) in [5.41, 5.74) is 2.37. The van der Waals surface area contributed by atoms with Gasteiger partial charge < -0.3 is 19.9 Å². The summed E-state index contributed by atoms with van der Waals surface area (Å²) in [6, 6.07) is 9.99. The van der Waals surface area contributed by atoms with Gasteiger partial charge in [0.2, 0.25) is 5.95 Å². The minimum absolute atomic E-state index is 0.292. The Morgan fingerprint density at radius 3 is 2.31 bits per heavy atom. The SMILES string of the molecule is CNc1nc(N2CCN(C(=O)OC(C)(C)C)CC2)c2nc(-c3ccc(F)cc3)ccc2n1. The van der Waals surface area contributed by atoms with Gasteiger partial charge in [-0.15, -0.1) is 0 Å². The third-order valence-corrected chi connectivity index (χ3v) is 5.12. The number of halogens is 1. The first-order valence-electron chi connectivity index (χ1n) is 10.6. The van der Waals surface area contributed by atoms with Gasteiger partial charge in [0, 0.05) is 38.8 Å². The molecule has 1 fully saturated rings. The fourth-order valence-electron chi connectivity index (χ4n) is 3.54. The fourth-order valence-corrected chi connectivity index (χ4v) is 3.54. The number of nitrogens with zero attached hydrogens (tertiary/aromatic N) is 5. The van der Waals surface area contributed by atoms with E-state index < -0.39 is 5.60 Å². The Morgan fingerprint density at radius 1 is 1.00 bits per heavy atom. The number of hydrogen-bond donors (Lipinski definition) is 1. The minimum atomic E-state index is -0.528. The number of hydrogen-bond acceptors (Lipinski definition) is 7. The van der Waals surface area contributed by atoms with Crippen molar-refractivity contribution in [1.29, 1.82) is 0 Å². The molecular formula is C23H27FN6O2. The summed E-state index contributed by atoms with van der Waals surface area (Å²) in [4.78, 5) is 30.2. The van der Waals surface area contributed by atoms with Gasteiger partial charge in [-0.25, -0.2) is 19.2 Å². The van der Waals surface area contributed by atoms with Gasteiger partial charge in [-0.3, -0.25) is 0 Å². The molecule has 8 nitrogen and oxygen atoms in total. The van der Waals surface area contributed by atoms with Crippen molar-refractivity contribution >= 4 is 28.9 Å². The van der Waals surface area contributed by atoms with Crippen LogP contribution in [0, 0.1) is 5.82 Å². The van der Waals surface area contributed by atoms with Crippen LogP contribution in [0.4, 0.5) is 21.0 Å². The molecule has 0 saturated carbocycles. The first-order chi connectivity index (χ1) is 15.2. The third kappa shape index (κ3) is 4.71. The lowest BCUT2D eigenvalue weighted by molar-refractivity contribution is 0.0240. The van der Waals surface area contributed by atoms with Crippen molar-refractivity contribution in [2.75, 3.05) is 43.4 Å². The average molecular weight is 439 g/mol. The van der Waals surface area contributed by atoms with Crippen LogP contribution in [0.3, 0.4) is 0 Å². The second-order valence-electron chi connectivity index (χ2n) is 8.65. The number of amides is 1. The van der Waals surface area contributed by atoms with Gasteiger partial charge in [0.05, 0.1) is 11.2 Å². The summed E-state index contributed by atoms with van der Waals surface area (Å²) in [7, 11) is 1.77. The fraction of sp³-hybridized carbons (Fsp3) is 0.391. The Hall–Kier alpha value is -3.49. The molecule has 0 aliphatic carbocycles. The first-order valence-corrected chi connectivity index (χ1v) is 10.6. The van der Waals surface area contributed by atoms with Crippen molar-refractivity contribution in [2.24, 2.45) is 0 Å². The number of fused-ring (bicyclic) bond motifs is 1. The molecule has 1 aliphatic rings. The van der Waals surface area contributed by atoms with Crippen LogP contribution in [0.1, 0.15) is 20.8 Å². The number of pyridine rings is 1. The monoisotopic (exact) mass is 438 g/mol. The van der Waals surface area contributed by atoms with E-state index in [2.05, 4.69) is 20.2 Å². The van der Waals surface area contributed by atoms with Crippen LogP contribution < -0.4 is 10.2 Å². The van der Waals surface area contributed by atoms with Crippen molar-refractivity contribution in [2.45, 2.75) is 26.4 Å². The van der Waals surface area contributed by atoms with Crippen molar-refractivity contribution in [1.82, 2.24) is 19.9 Å². The highest BCUT2D eigenvalue weighted by Gasteiger charge is 2.27. The van der Waals surface area contributed by atoms with Crippen LogP contribution in [0.2, 0.25) is 0 Å². The quantitative estimate of drug-likeness (QED) is 0.663. The summed E-state index contributed by atoms with van der Waals surface area (Å²) < 4.78 is 18.8. The van der Waals surface area contributed by atoms with Crippen LogP contribution in [0.5, 0.6) is 0 Å². The van der Waals surface area contributed by atoms with Crippen LogP contribution in [-0.2, 0) is 4.74 Å². The number of rotatable bonds is 3. The van der Waals surface area contributed by atoms with Gasteiger partial charge in [0.25, 0.3) is 0 Å². The maximum absolute atomic E-state index is 13.3. The van der Waals surface area contributed by atoms with E-state index in [-0.39, 0.29) is 11.9 Å². The number of carbonyl (C=O) groups excluding carboxylic acids is 1. The highest BCUT2D eigenvalue weighted by molar-refractivity contribution is 5.89. The molecule has 1 saturated heterocycles. The molecule has 0 bridgehead atoms. The number of carbonyl (C=O) groups is 1. The van der Waals surface area contributed by atoms with E-state index in [4.69, 9.17) is 9.72 Å². The molecule has 2 aromatic heterocycles. The molecular weight excluding hydrogens is 411 g/mol. The van der Waals surface area contributed by atoms with Gasteiger partial charge in [0.15, 0.2) is 5.82 Å². The zero-order chi connectivity index (χ0) is 22.9. The van der Waals surface area contributed by atoms with E-state index >= 15 is 0 Å². The number of benzene rings is 1. The summed E-state index contributed by atoms with van der Waals surface area (Å²) in [5.74, 6) is 0.908. The Balaban J connectivity index is 1.63. The van der Waals surface area contributed by atoms with E-state index in [1.807, 2.05) is 32.9 Å². The molecule has 1 aromatic carbocycles. The maximum atomic E-state index is 13.3. The van der Waals surface area contributed by atoms with Gasteiger partial charge in [-0.1, -0.05) is 0 Å². The summed E-state index contributed by atoms with van der Waals surface area (Å²) in [6.45, 7) is 7.81. The van der Waals surface area contributed by atoms with E-state index in [9.17, 15) is 9.18 Å². The zero-order valence-electron chi connectivity index (χ0n) is 18.7. The van der Waals surface area contributed by atoms with E-state index in [0.717, 1.165) is 5.56 Å². The van der Waals surface area contributed by atoms with Gasteiger partial charge in [-0.05, 0) is 57.2 Å². The van der Waals surface area contributed by atoms with Crippen LogP contribution in [-0.4, -0.2) is 64.8 Å². The normalized spacial score (nSPS) is 14.5. The molecule has 0 atom stereocenters. The Kier molecular flexibility index (Phi) is 5.82. The van der Waals surface area contributed by atoms with Gasteiger partial charge in [0.1, 0.15) is 16.9 Å². The Morgan fingerprint density at radius 2 is 1.69 bits per heavy atom. The highest BCUT2D eigenvalue weighted by Crippen LogP contribution is 2.28. The molecule has 3 aromatic rings. The molecule has 4 rings (SSSR count). The lowest BCUT2D eigenvalue weighted by Crippen LogP contribution is -2.50. The second kappa shape index (κ2) is 8.57.